The third-order valence-electron chi connectivity index (χ3n) is 13.9. The number of aliphatic hydroxyl groups excluding tert-OH is 1. The standard InChI is InChI=1S/C75H125N2O6P/c1-6-8-10-12-14-16-18-20-22-24-26-28-30-31-32-33-34-35-36-37-38-39-40-41-42-43-44-45-47-49-51-53-55-57-59-61-63-65-67-69-75(79)76-73(72-83-84(80,81)82-71-70-77(3,4)5)74(78)68-66-64-62-60-58-56-54-52-50-48-46-29-27-25-23-21-19-17-15-13-11-9-7-2/h8,10,14,16,20,22,26,28,31-32,34-35,37-38,40-41,43-44,47,49,53,55,58-61,66,68,73-74,78H,6-7,9,11-13,15,17-19,21,23-25,27,29-30,33,36,39,42,45-46,48,50-52,54,56-57,62-65,67,69-72H2,1-5H3,(H-,76,79,80,81)/b10-8-,16-14-,22-20-,28-26-,32-31-,35-34-,38-37-,41-40-,44-43-,49-47-,55-53-,60-58+,61-59-,68-66+. The molecule has 476 valence electrons. The summed E-state index contributed by atoms with van der Waals surface area (Å²) in [4.78, 5) is 25.6. The molecule has 0 aromatic carbocycles. The molecule has 84 heavy (non-hydrogen) atoms. The Labute approximate surface area is 517 Å². The maximum Gasteiger partial charge on any atom is 0.268 e. The van der Waals surface area contributed by atoms with E-state index in [0.29, 0.717) is 17.4 Å². The van der Waals surface area contributed by atoms with Gasteiger partial charge in [-0.1, -0.05) is 287 Å². The molecule has 1 amide bonds. The van der Waals surface area contributed by atoms with Gasteiger partial charge in [-0.2, -0.15) is 0 Å². The summed E-state index contributed by atoms with van der Waals surface area (Å²) >= 11 is 0. The van der Waals surface area contributed by atoms with Crippen molar-refractivity contribution < 1.29 is 32.9 Å². The van der Waals surface area contributed by atoms with Gasteiger partial charge in [0.2, 0.25) is 5.91 Å². The van der Waals surface area contributed by atoms with E-state index in [2.05, 4.69) is 177 Å². The van der Waals surface area contributed by atoms with Crippen LogP contribution in [0.4, 0.5) is 0 Å². The number of hydrogen-bond acceptors (Lipinski definition) is 6. The minimum absolute atomic E-state index is 0.0241. The SMILES string of the molecule is CC/C=C\C/C=C\C/C=C\C/C=C\C/C=C\C/C=C\C/C=C\C/C=C\C/C=C\C/C=C\C/C=C\C/C=C\CCCCC(=O)NC(COP(=O)([O-])OCC[N+](C)(C)C)C(O)/C=C/CC/C=C/CCCCCCCCCCCCCCCCCCC. The van der Waals surface area contributed by atoms with E-state index < -0.39 is 26.6 Å². The lowest BCUT2D eigenvalue weighted by molar-refractivity contribution is -0.870. The molecular formula is C75H125N2O6P. The van der Waals surface area contributed by atoms with Gasteiger partial charge in [-0.05, 0) is 122 Å². The van der Waals surface area contributed by atoms with E-state index in [1.807, 2.05) is 27.2 Å². The minimum Gasteiger partial charge on any atom is -0.756 e. The summed E-state index contributed by atoms with van der Waals surface area (Å²) in [5.41, 5.74) is 0. The number of unbranched alkanes of at least 4 members (excludes halogenated alkanes) is 20. The zero-order chi connectivity index (χ0) is 61.2. The fourth-order valence-electron chi connectivity index (χ4n) is 8.74. The van der Waals surface area contributed by atoms with Crippen LogP contribution in [0.3, 0.4) is 0 Å². The summed E-state index contributed by atoms with van der Waals surface area (Å²) in [6, 6.07) is -0.941. The first-order valence-corrected chi connectivity index (χ1v) is 35.0. The Morgan fingerprint density at radius 2 is 0.738 bits per heavy atom. The number of hydrogen-bond donors (Lipinski definition) is 2. The highest BCUT2D eigenvalue weighted by Crippen LogP contribution is 2.38. The van der Waals surface area contributed by atoms with E-state index in [0.717, 1.165) is 109 Å². The number of carbonyl (C=O) groups is 1. The number of amides is 1. The van der Waals surface area contributed by atoms with Crippen LogP contribution in [0.2, 0.25) is 0 Å². The lowest BCUT2D eigenvalue weighted by Crippen LogP contribution is -2.45. The monoisotopic (exact) mass is 1180 g/mol. The minimum atomic E-state index is -4.64. The second kappa shape index (κ2) is 63.4. The molecule has 0 fully saturated rings. The zero-order valence-electron chi connectivity index (χ0n) is 54.3. The van der Waals surface area contributed by atoms with Crippen molar-refractivity contribution in [3.8, 4) is 0 Å². The van der Waals surface area contributed by atoms with Gasteiger partial charge in [0.15, 0.2) is 0 Å². The Hall–Kier alpha value is -4.14. The number of aliphatic hydroxyl groups is 1. The molecule has 0 spiro atoms. The normalized spacial score (nSPS) is 14.8. The van der Waals surface area contributed by atoms with Crippen LogP contribution in [0, 0.1) is 0 Å². The van der Waals surface area contributed by atoms with Crippen LogP contribution in [0.5, 0.6) is 0 Å². The first-order chi connectivity index (χ1) is 41.0. The predicted molar refractivity (Wildman–Crippen MR) is 366 cm³/mol. The van der Waals surface area contributed by atoms with Crippen molar-refractivity contribution in [3.63, 3.8) is 0 Å². The van der Waals surface area contributed by atoms with Crippen LogP contribution in [-0.2, 0) is 18.4 Å². The molecule has 0 aliphatic heterocycles. The van der Waals surface area contributed by atoms with E-state index in [-0.39, 0.29) is 18.9 Å². The number of phosphoric ester groups is 1. The predicted octanol–water partition coefficient (Wildman–Crippen LogP) is 20.9. The quantitative estimate of drug-likeness (QED) is 0.0272. The zero-order valence-corrected chi connectivity index (χ0v) is 55.2. The van der Waals surface area contributed by atoms with Crippen molar-refractivity contribution in [3.05, 3.63) is 170 Å². The average molecular weight is 1180 g/mol. The highest BCUT2D eigenvalue weighted by molar-refractivity contribution is 7.45. The number of phosphoric acid groups is 1. The van der Waals surface area contributed by atoms with Gasteiger partial charge in [0.25, 0.3) is 7.82 Å². The first-order valence-electron chi connectivity index (χ1n) is 33.5. The molecule has 9 heteroatoms. The van der Waals surface area contributed by atoms with E-state index in [9.17, 15) is 19.4 Å². The first kappa shape index (κ1) is 79.9. The average Bonchev–Trinajstić information content (AvgIpc) is 3.56. The van der Waals surface area contributed by atoms with Crippen molar-refractivity contribution in [2.75, 3.05) is 40.9 Å². The maximum absolute atomic E-state index is 13.0. The van der Waals surface area contributed by atoms with Gasteiger partial charge in [0.05, 0.1) is 39.9 Å². The Morgan fingerprint density at radius 3 is 1.11 bits per heavy atom. The largest absolute Gasteiger partial charge is 0.756 e. The molecule has 0 aromatic rings. The number of nitrogens with one attached hydrogen (secondary N) is 1. The van der Waals surface area contributed by atoms with Gasteiger partial charge in [-0.3, -0.25) is 9.36 Å². The number of allylic oxidation sites excluding steroid dienone is 27. The van der Waals surface area contributed by atoms with Crippen LogP contribution in [0.1, 0.15) is 245 Å². The Balaban J connectivity index is 4.30. The van der Waals surface area contributed by atoms with Crippen LogP contribution < -0.4 is 10.2 Å². The fourth-order valence-corrected chi connectivity index (χ4v) is 9.46. The lowest BCUT2D eigenvalue weighted by Gasteiger charge is -2.29. The molecule has 0 radical (unpaired) electrons. The van der Waals surface area contributed by atoms with Crippen LogP contribution in [-0.4, -0.2) is 68.5 Å². The van der Waals surface area contributed by atoms with Crippen molar-refractivity contribution >= 4 is 13.7 Å². The van der Waals surface area contributed by atoms with Crippen molar-refractivity contribution in [2.24, 2.45) is 0 Å². The highest BCUT2D eigenvalue weighted by atomic mass is 31.2. The van der Waals surface area contributed by atoms with Crippen molar-refractivity contribution in [1.82, 2.24) is 5.32 Å². The van der Waals surface area contributed by atoms with E-state index in [1.54, 1.807) is 6.08 Å². The van der Waals surface area contributed by atoms with Gasteiger partial charge in [-0.15, -0.1) is 0 Å². The summed E-state index contributed by atoms with van der Waals surface area (Å²) in [5, 5.41) is 13.9. The second-order valence-electron chi connectivity index (χ2n) is 23.1. The van der Waals surface area contributed by atoms with E-state index >= 15 is 0 Å². The summed E-state index contributed by atoms with van der Waals surface area (Å²) in [5.74, 6) is -0.255. The van der Waals surface area contributed by atoms with Crippen LogP contribution in [0.25, 0.3) is 0 Å². The van der Waals surface area contributed by atoms with Crippen molar-refractivity contribution in [2.45, 2.75) is 257 Å². The molecule has 0 aromatic heterocycles. The molecule has 0 bridgehead atoms. The van der Waals surface area contributed by atoms with Gasteiger partial charge in [-0.25, -0.2) is 0 Å². The molecule has 3 unspecified atom stereocenters. The van der Waals surface area contributed by atoms with Crippen molar-refractivity contribution in [1.29, 1.82) is 0 Å². The van der Waals surface area contributed by atoms with E-state index in [4.69, 9.17) is 9.05 Å². The summed E-state index contributed by atoms with van der Waals surface area (Å²) in [7, 11) is 1.19. The molecular weight excluding hydrogens is 1060 g/mol. The molecule has 0 rings (SSSR count). The van der Waals surface area contributed by atoms with Gasteiger partial charge in [0, 0.05) is 6.42 Å². The molecule has 0 saturated heterocycles. The number of nitrogens with zero attached hydrogens (tertiary/aromatic N) is 1. The molecule has 2 N–H and O–H groups in total. The highest BCUT2D eigenvalue weighted by Gasteiger charge is 2.23. The fraction of sp³-hybridized carbons (Fsp3) is 0.613. The number of likely N-dealkylation sites (N-methyl/N-ethyl adjacent to an activating group) is 1. The lowest BCUT2D eigenvalue weighted by atomic mass is 10.0. The molecule has 0 aliphatic carbocycles. The number of rotatable bonds is 59. The Bertz CT molecular complexity index is 1970. The third kappa shape index (κ3) is 65.4. The number of quaternary nitrogens is 1. The summed E-state index contributed by atoms with van der Waals surface area (Å²) in [6.07, 6.45) is 100. The van der Waals surface area contributed by atoms with Gasteiger partial charge in [0.1, 0.15) is 13.2 Å². The molecule has 8 nitrogen and oxygen atoms in total. The Morgan fingerprint density at radius 1 is 0.429 bits per heavy atom. The molecule has 3 atom stereocenters. The van der Waals surface area contributed by atoms with E-state index in [1.165, 1.54) is 109 Å². The number of carbonyl (C=O) groups excluding carboxylic acids is 1. The smallest absolute Gasteiger partial charge is 0.268 e. The maximum atomic E-state index is 13.0. The Kier molecular flexibility index (Phi) is 60.2. The van der Waals surface area contributed by atoms with Gasteiger partial charge >= 0.3 is 0 Å². The van der Waals surface area contributed by atoms with Crippen LogP contribution in [0.15, 0.2) is 170 Å². The third-order valence-corrected chi connectivity index (χ3v) is 14.9. The van der Waals surface area contributed by atoms with Gasteiger partial charge < -0.3 is 28.8 Å². The summed E-state index contributed by atoms with van der Waals surface area (Å²) < 4.78 is 23.4. The molecule has 0 heterocycles. The van der Waals surface area contributed by atoms with Crippen LogP contribution >= 0.6 is 7.82 Å². The topological polar surface area (TPSA) is 108 Å². The summed E-state index contributed by atoms with van der Waals surface area (Å²) in [6.45, 7) is 4.48. The molecule has 0 aliphatic rings. The second-order valence-corrected chi connectivity index (χ2v) is 24.5. The molecule has 0 saturated carbocycles.